The first-order chi connectivity index (χ1) is 12.0. The van der Waals surface area contributed by atoms with Crippen LogP contribution in [-0.2, 0) is 11.2 Å². The summed E-state index contributed by atoms with van der Waals surface area (Å²) in [5.41, 5.74) is 7.18. The Balaban J connectivity index is 1.80. The van der Waals surface area contributed by atoms with Gasteiger partial charge in [0.25, 0.3) is 5.91 Å². The Morgan fingerprint density at radius 2 is 1.72 bits per heavy atom. The molecule has 0 heterocycles. The molecule has 0 saturated heterocycles. The van der Waals surface area contributed by atoms with Crippen molar-refractivity contribution in [2.45, 2.75) is 13.3 Å². The van der Waals surface area contributed by atoms with Gasteiger partial charge in [0.15, 0.2) is 5.11 Å². The van der Waals surface area contributed by atoms with Crippen molar-refractivity contribution in [1.29, 1.82) is 0 Å². The van der Waals surface area contributed by atoms with Crippen molar-refractivity contribution in [3.8, 4) is 5.75 Å². The molecule has 130 valence electrons. The number of nitrogens with one attached hydrogen (secondary N) is 3. The highest BCUT2D eigenvalue weighted by molar-refractivity contribution is 7.80. The zero-order valence-corrected chi connectivity index (χ0v) is 14.8. The predicted octanol–water partition coefficient (Wildman–Crippen LogP) is 1.88. The van der Waals surface area contributed by atoms with Gasteiger partial charge in [0.05, 0.1) is 13.5 Å². The van der Waals surface area contributed by atoms with E-state index in [1.807, 2.05) is 19.1 Å². The first-order valence-corrected chi connectivity index (χ1v) is 7.99. The number of hydrogen-bond donors (Lipinski definition) is 3. The number of thiocarbonyl (C=S) groups is 1. The first kappa shape index (κ1) is 18.4. The van der Waals surface area contributed by atoms with Gasteiger partial charge in [-0.2, -0.15) is 0 Å². The fraction of sp³-hybridized carbons (Fsp3) is 0.167. The molecule has 0 radical (unpaired) electrons. The lowest BCUT2D eigenvalue weighted by atomic mass is 10.1. The van der Waals surface area contributed by atoms with Gasteiger partial charge in [-0.3, -0.25) is 20.4 Å². The minimum absolute atomic E-state index is 0.0282. The average molecular weight is 357 g/mol. The smallest absolute Gasteiger partial charge is 0.269 e. The van der Waals surface area contributed by atoms with Crippen LogP contribution in [0.3, 0.4) is 0 Å². The second-order valence-electron chi connectivity index (χ2n) is 5.30. The minimum Gasteiger partial charge on any atom is -0.497 e. The van der Waals surface area contributed by atoms with Crippen molar-refractivity contribution in [2.24, 2.45) is 0 Å². The number of benzene rings is 2. The normalized spacial score (nSPS) is 9.84. The molecule has 3 N–H and O–H groups in total. The molecule has 2 rings (SSSR count). The van der Waals surface area contributed by atoms with Gasteiger partial charge in [0, 0.05) is 5.56 Å². The van der Waals surface area contributed by atoms with Crippen LogP contribution >= 0.6 is 12.2 Å². The molecule has 7 heteroatoms. The fourth-order valence-electron chi connectivity index (χ4n) is 2.14. The number of ether oxygens (including phenoxy) is 1. The summed E-state index contributed by atoms with van der Waals surface area (Å²) in [6.45, 7) is 1.84. The van der Waals surface area contributed by atoms with E-state index in [-0.39, 0.29) is 23.3 Å². The van der Waals surface area contributed by atoms with Crippen molar-refractivity contribution in [3.05, 3.63) is 65.2 Å². The molecule has 0 fully saturated rings. The molecular weight excluding hydrogens is 338 g/mol. The molecule has 2 aromatic carbocycles. The summed E-state index contributed by atoms with van der Waals surface area (Å²) >= 11 is 5.01. The van der Waals surface area contributed by atoms with Gasteiger partial charge in [0.2, 0.25) is 5.91 Å². The zero-order chi connectivity index (χ0) is 18.2. The van der Waals surface area contributed by atoms with Crippen LogP contribution in [0.5, 0.6) is 5.75 Å². The van der Waals surface area contributed by atoms with Gasteiger partial charge < -0.3 is 10.1 Å². The van der Waals surface area contributed by atoms with Crippen LogP contribution in [0.1, 0.15) is 21.5 Å². The number of carbonyl (C=O) groups is 2. The minimum atomic E-state index is -0.329. The van der Waals surface area contributed by atoms with Crippen molar-refractivity contribution >= 4 is 29.1 Å². The largest absolute Gasteiger partial charge is 0.497 e. The Morgan fingerprint density at radius 3 is 2.36 bits per heavy atom. The highest BCUT2D eigenvalue weighted by Crippen LogP contribution is 2.11. The summed E-state index contributed by atoms with van der Waals surface area (Å²) in [7, 11) is 1.58. The standard InChI is InChI=1S/C18H19N3O3S/c1-12-5-3-4-6-15(12)17(23)20-21-18(25)19-16(22)11-13-7-9-14(24-2)10-8-13/h3-10H,11H2,1-2H3,(H,20,23)(H2,19,21,22,25). The molecule has 0 unspecified atom stereocenters. The second kappa shape index (κ2) is 8.79. The summed E-state index contributed by atoms with van der Waals surface area (Å²) in [6.07, 6.45) is 0.164. The van der Waals surface area contributed by atoms with Crippen LogP contribution in [0, 0.1) is 6.92 Å². The maximum absolute atomic E-state index is 12.0. The van der Waals surface area contributed by atoms with Gasteiger partial charge in [-0.05, 0) is 48.5 Å². The molecule has 2 aromatic rings. The summed E-state index contributed by atoms with van der Waals surface area (Å²) in [5.74, 6) is 0.109. The Hall–Kier alpha value is -2.93. The average Bonchev–Trinajstić information content (AvgIpc) is 2.60. The molecule has 0 aliphatic carbocycles. The molecule has 0 atom stereocenters. The van der Waals surface area contributed by atoms with E-state index in [0.29, 0.717) is 5.56 Å². The maximum Gasteiger partial charge on any atom is 0.269 e. The van der Waals surface area contributed by atoms with Crippen LogP contribution in [0.15, 0.2) is 48.5 Å². The van der Waals surface area contributed by atoms with E-state index in [0.717, 1.165) is 16.9 Å². The molecule has 0 bridgehead atoms. The number of carbonyl (C=O) groups excluding carboxylic acids is 2. The van der Waals surface area contributed by atoms with Crippen LogP contribution in [-0.4, -0.2) is 24.0 Å². The van der Waals surface area contributed by atoms with E-state index in [2.05, 4.69) is 16.2 Å². The first-order valence-electron chi connectivity index (χ1n) is 7.58. The highest BCUT2D eigenvalue weighted by Gasteiger charge is 2.10. The zero-order valence-electron chi connectivity index (χ0n) is 14.0. The Morgan fingerprint density at radius 1 is 1.04 bits per heavy atom. The van der Waals surface area contributed by atoms with E-state index >= 15 is 0 Å². The number of aryl methyl sites for hydroxylation is 1. The number of hydrogen-bond acceptors (Lipinski definition) is 4. The Labute approximate surface area is 151 Å². The summed E-state index contributed by atoms with van der Waals surface area (Å²) in [4.78, 5) is 24.0. The SMILES string of the molecule is COc1ccc(CC(=O)NC(=S)NNC(=O)c2ccccc2C)cc1. The fourth-order valence-corrected chi connectivity index (χ4v) is 2.30. The van der Waals surface area contributed by atoms with Crippen molar-refractivity contribution in [2.75, 3.05) is 7.11 Å². The summed E-state index contributed by atoms with van der Waals surface area (Å²) < 4.78 is 5.07. The molecule has 0 aliphatic heterocycles. The number of methoxy groups -OCH3 is 1. The van der Waals surface area contributed by atoms with E-state index in [1.165, 1.54) is 0 Å². The molecule has 0 aromatic heterocycles. The third-order valence-corrected chi connectivity index (χ3v) is 3.66. The summed E-state index contributed by atoms with van der Waals surface area (Å²) in [6, 6.07) is 14.3. The van der Waals surface area contributed by atoms with Crippen LogP contribution in [0.25, 0.3) is 0 Å². The molecule has 0 spiro atoms. The van der Waals surface area contributed by atoms with Gasteiger partial charge >= 0.3 is 0 Å². The predicted molar refractivity (Wildman–Crippen MR) is 99.2 cm³/mol. The van der Waals surface area contributed by atoms with Crippen LogP contribution in [0.2, 0.25) is 0 Å². The van der Waals surface area contributed by atoms with Gasteiger partial charge in [-0.25, -0.2) is 0 Å². The molecule has 25 heavy (non-hydrogen) atoms. The quantitative estimate of drug-likeness (QED) is 0.575. The lowest BCUT2D eigenvalue weighted by Gasteiger charge is -2.12. The lowest BCUT2D eigenvalue weighted by Crippen LogP contribution is -2.48. The van der Waals surface area contributed by atoms with E-state index in [9.17, 15) is 9.59 Å². The molecule has 0 aliphatic rings. The molecular formula is C18H19N3O3S. The van der Waals surface area contributed by atoms with Gasteiger partial charge in [0.1, 0.15) is 5.75 Å². The molecule has 2 amide bonds. The van der Waals surface area contributed by atoms with Crippen LogP contribution in [0.4, 0.5) is 0 Å². The van der Waals surface area contributed by atoms with Gasteiger partial charge in [-0.15, -0.1) is 0 Å². The van der Waals surface area contributed by atoms with Gasteiger partial charge in [-0.1, -0.05) is 30.3 Å². The van der Waals surface area contributed by atoms with Crippen molar-refractivity contribution in [1.82, 2.24) is 16.2 Å². The summed E-state index contributed by atoms with van der Waals surface area (Å²) in [5, 5.41) is 2.54. The lowest BCUT2D eigenvalue weighted by molar-refractivity contribution is -0.119. The topological polar surface area (TPSA) is 79.5 Å². The Bertz CT molecular complexity index is 775. The Kier molecular flexibility index (Phi) is 6.47. The molecule has 6 nitrogen and oxygen atoms in total. The number of rotatable bonds is 4. The van der Waals surface area contributed by atoms with Crippen molar-refractivity contribution in [3.63, 3.8) is 0 Å². The maximum atomic E-state index is 12.0. The number of amides is 2. The number of hydrazine groups is 1. The van der Waals surface area contributed by atoms with Crippen molar-refractivity contribution < 1.29 is 14.3 Å². The van der Waals surface area contributed by atoms with Crippen LogP contribution < -0.4 is 20.9 Å². The highest BCUT2D eigenvalue weighted by atomic mass is 32.1. The monoisotopic (exact) mass is 357 g/mol. The van der Waals surface area contributed by atoms with E-state index < -0.39 is 0 Å². The van der Waals surface area contributed by atoms with E-state index in [4.69, 9.17) is 17.0 Å². The third kappa shape index (κ3) is 5.58. The van der Waals surface area contributed by atoms with E-state index in [1.54, 1.807) is 43.5 Å². The molecule has 0 saturated carbocycles. The third-order valence-electron chi connectivity index (χ3n) is 3.46. The second-order valence-corrected chi connectivity index (χ2v) is 5.70.